The molecule has 0 aliphatic heterocycles. The minimum absolute atomic E-state index is 0.0793. The van der Waals surface area contributed by atoms with Crippen LogP contribution < -0.4 is 10.6 Å². The van der Waals surface area contributed by atoms with Crippen LogP contribution in [0.15, 0.2) is 60.8 Å². The number of halogens is 3. The second kappa shape index (κ2) is 8.60. The fraction of sp³-hybridized carbons (Fsp3) is 0.100. The number of pyridine rings is 1. The molecule has 1 amide bonds. The Balaban J connectivity index is 1.61. The lowest BCUT2D eigenvalue weighted by molar-refractivity contribution is 0.102. The lowest BCUT2D eigenvalue weighted by atomic mass is 10.1. The van der Waals surface area contributed by atoms with E-state index in [1.807, 2.05) is 0 Å². The SMILES string of the molecule is O=C(Nc1ccc(F)c(Cl)c1)c1cc(NCCc2ccccc2F)ccn1. The maximum atomic E-state index is 13.6. The molecule has 4 nitrogen and oxygen atoms in total. The summed E-state index contributed by atoms with van der Waals surface area (Å²) in [6, 6.07) is 13.8. The molecule has 0 unspecified atom stereocenters. The number of carbonyl (C=O) groups excluding carboxylic acids is 1. The molecule has 0 spiro atoms. The molecule has 0 aliphatic carbocycles. The molecule has 7 heteroatoms. The predicted molar refractivity (Wildman–Crippen MR) is 102 cm³/mol. The Morgan fingerprint density at radius 2 is 1.81 bits per heavy atom. The molecule has 2 N–H and O–H groups in total. The van der Waals surface area contributed by atoms with Gasteiger partial charge in [0.2, 0.25) is 0 Å². The van der Waals surface area contributed by atoms with Crippen molar-refractivity contribution in [2.45, 2.75) is 6.42 Å². The number of carbonyl (C=O) groups is 1. The summed E-state index contributed by atoms with van der Waals surface area (Å²) in [4.78, 5) is 16.4. The molecular formula is C20H16ClF2N3O. The zero-order chi connectivity index (χ0) is 19.2. The molecule has 0 atom stereocenters. The van der Waals surface area contributed by atoms with Crippen molar-refractivity contribution in [3.05, 3.63) is 88.7 Å². The van der Waals surface area contributed by atoms with Gasteiger partial charge in [-0.3, -0.25) is 9.78 Å². The minimum atomic E-state index is -0.561. The fourth-order valence-electron chi connectivity index (χ4n) is 2.48. The number of nitrogens with one attached hydrogen (secondary N) is 2. The number of anilines is 2. The summed E-state index contributed by atoms with van der Waals surface area (Å²) < 4.78 is 26.8. The molecule has 0 saturated heterocycles. The third-order valence-electron chi connectivity index (χ3n) is 3.85. The fourth-order valence-corrected chi connectivity index (χ4v) is 2.66. The smallest absolute Gasteiger partial charge is 0.274 e. The van der Waals surface area contributed by atoms with Gasteiger partial charge < -0.3 is 10.6 Å². The number of aromatic nitrogens is 1. The van der Waals surface area contributed by atoms with E-state index in [9.17, 15) is 13.6 Å². The van der Waals surface area contributed by atoms with Crippen molar-refractivity contribution in [3.8, 4) is 0 Å². The highest BCUT2D eigenvalue weighted by Gasteiger charge is 2.10. The van der Waals surface area contributed by atoms with E-state index in [2.05, 4.69) is 15.6 Å². The Kier molecular flexibility index (Phi) is 5.98. The quantitative estimate of drug-likeness (QED) is 0.631. The van der Waals surface area contributed by atoms with Crippen LogP contribution in [0, 0.1) is 11.6 Å². The molecule has 3 aromatic rings. The zero-order valence-electron chi connectivity index (χ0n) is 14.2. The Morgan fingerprint density at radius 3 is 2.59 bits per heavy atom. The molecule has 1 heterocycles. The third-order valence-corrected chi connectivity index (χ3v) is 4.14. The first-order chi connectivity index (χ1) is 13.0. The van der Waals surface area contributed by atoms with Crippen LogP contribution in [0.2, 0.25) is 5.02 Å². The molecule has 138 valence electrons. The number of hydrogen-bond donors (Lipinski definition) is 2. The Hall–Kier alpha value is -2.99. The highest BCUT2D eigenvalue weighted by atomic mass is 35.5. The number of rotatable bonds is 6. The average Bonchev–Trinajstić information content (AvgIpc) is 2.66. The van der Waals surface area contributed by atoms with Gasteiger partial charge >= 0.3 is 0 Å². The summed E-state index contributed by atoms with van der Waals surface area (Å²) in [7, 11) is 0. The largest absolute Gasteiger partial charge is 0.385 e. The molecule has 0 aliphatic rings. The predicted octanol–water partition coefficient (Wildman–Crippen LogP) is 4.92. The Bertz CT molecular complexity index is 965. The highest BCUT2D eigenvalue weighted by molar-refractivity contribution is 6.31. The van der Waals surface area contributed by atoms with Crippen molar-refractivity contribution < 1.29 is 13.6 Å². The van der Waals surface area contributed by atoms with Gasteiger partial charge in [0.1, 0.15) is 17.3 Å². The Morgan fingerprint density at radius 1 is 1.00 bits per heavy atom. The summed E-state index contributed by atoms with van der Waals surface area (Å²) in [5, 5.41) is 5.67. The lowest BCUT2D eigenvalue weighted by Gasteiger charge is -2.09. The van der Waals surface area contributed by atoms with Crippen LogP contribution in [-0.4, -0.2) is 17.4 Å². The van der Waals surface area contributed by atoms with Gasteiger partial charge in [0, 0.05) is 24.1 Å². The molecule has 3 rings (SSSR count). The van der Waals surface area contributed by atoms with Crippen molar-refractivity contribution in [1.29, 1.82) is 0 Å². The number of benzene rings is 2. The molecule has 0 fully saturated rings. The summed E-state index contributed by atoms with van der Waals surface area (Å²) >= 11 is 5.71. The molecule has 2 aromatic carbocycles. The number of hydrogen-bond acceptors (Lipinski definition) is 3. The third kappa shape index (κ3) is 5.01. The van der Waals surface area contributed by atoms with E-state index in [1.165, 1.54) is 30.5 Å². The van der Waals surface area contributed by atoms with Crippen LogP contribution in [0.1, 0.15) is 16.1 Å². The topological polar surface area (TPSA) is 54.0 Å². The number of amides is 1. The van der Waals surface area contributed by atoms with Crippen LogP contribution in [0.4, 0.5) is 20.2 Å². The van der Waals surface area contributed by atoms with E-state index in [-0.39, 0.29) is 16.5 Å². The van der Waals surface area contributed by atoms with Crippen molar-refractivity contribution >= 4 is 28.9 Å². The highest BCUT2D eigenvalue weighted by Crippen LogP contribution is 2.20. The number of nitrogens with zero attached hydrogens (tertiary/aromatic N) is 1. The standard InChI is InChI=1S/C20H16ClF2N3O/c21-16-11-15(5-6-18(16)23)26-20(27)19-12-14(8-10-25-19)24-9-7-13-3-1-2-4-17(13)22/h1-6,8,10-12H,7,9H2,(H,24,25)(H,26,27). The molecule has 0 radical (unpaired) electrons. The van der Waals surface area contributed by atoms with Gasteiger partial charge in [-0.15, -0.1) is 0 Å². The van der Waals surface area contributed by atoms with Gasteiger partial charge in [-0.25, -0.2) is 8.78 Å². The van der Waals surface area contributed by atoms with Gasteiger partial charge in [-0.1, -0.05) is 29.8 Å². The van der Waals surface area contributed by atoms with E-state index >= 15 is 0 Å². The average molecular weight is 388 g/mol. The Labute approximate surface area is 160 Å². The molecule has 1 aromatic heterocycles. The molecule has 27 heavy (non-hydrogen) atoms. The normalized spacial score (nSPS) is 10.5. The van der Waals surface area contributed by atoms with E-state index in [4.69, 9.17) is 11.6 Å². The van der Waals surface area contributed by atoms with E-state index in [0.717, 1.165) is 0 Å². The van der Waals surface area contributed by atoms with Crippen molar-refractivity contribution in [2.75, 3.05) is 17.2 Å². The van der Waals surface area contributed by atoms with Crippen LogP contribution in [-0.2, 0) is 6.42 Å². The van der Waals surface area contributed by atoms with Crippen molar-refractivity contribution in [2.24, 2.45) is 0 Å². The van der Waals surface area contributed by atoms with Crippen LogP contribution in [0.5, 0.6) is 0 Å². The van der Waals surface area contributed by atoms with E-state index in [0.29, 0.717) is 29.9 Å². The summed E-state index contributed by atoms with van der Waals surface area (Å²) in [6.45, 7) is 0.500. The van der Waals surface area contributed by atoms with Gasteiger partial charge in [0.25, 0.3) is 5.91 Å². The first-order valence-corrected chi connectivity index (χ1v) is 8.60. The second-order valence-corrected chi connectivity index (χ2v) is 6.19. The lowest BCUT2D eigenvalue weighted by Crippen LogP contribution is -2.14. The minimum Gasteiger partial charge on any atom is -0.385 e. The van der Waals surface area contributed by atoms with Gasteiger partial charge in [-0.05, 0) is 48.4 Å². The summed E-state index contributed by atoms with van der Waals surface area (Å²) in [5.74, 6) is -1.25. The maximum Gasteiger partial charge on any atom is 0.274 e. The molecule has 0 bridgehead atoms. The van der Waals surface area contributed by atoms with Crippen LogP contribution in [0.3, 0.4) is 0 Å². The monoisotopic (exact) mass is 387 g/mol. The van der Waals surface area contributed by atoms with Gasteiger partial charge in [0.15, 0.2) is 0 Å². The first kappa shape index (κ1) is 18.8. The summed E-state index contributed by atoms with van der Waals surface area (Å²) in [5.41, 5.74) is 1.85. The second-order valence-electron chi connectivity index (χ2n) is 5.78. The maximum absolute atomic E-state index is 13.6. The van der Waals surface area contributed by atoms with E-state index in [1.54, 1.807) is 30.3 Å². The summed E-state index contributed by atoms with van der Waals surface area (Å²) in [6.07, 6.45) is 2.00. The van der Waals surface area contributed by atoms with E-state index < -0.39 is 11.7 Å². The van der Waals surface area contributed by atoms with Crippen molar-refractivity contribution in [1.82, 2.24) is 4.98 Å². The van der Waals surface area contributed by atoms with Crippen molar-refractivity contribution in [3.63, 3.8) is 0 Å². The van der Waals surface area contributed by atoms with Gasteiger partial charge in [-0.2, -0.15) is 0 Å². The zero-order valence-corrected chi connectivity index (χ0v) is 14.9. The first-order valence-electron chi connectivity index (χ1n) is 8.22. The van der Waals surface area contributed by atoms with Gasteiger partial charge in [0.05, 0.1) is 5.02 Å². The molecular weight excluding hydrogens is 372 g/mol. The van der Waals surface area contributed by atoms with Crippen LogP contribution >= 0.6 is 11.6 Å². The van der Waals surface area contributed by atoms with Crippen LogP contribution in [0.25, 0.3) is 0 Å². The molecule has 0 saturated carbocycles.